The van der Waals surface area contributed by atoms with E-state index in [0.29, 0.717) is 0 Å². The van der Waals surface area contributed by atoms with E-state index in [2.05, 4.69) is 11.5 Å². The molecule has 9 heteroatoms. The first kappa shape index (κ1) is 29.3. The maximum absolute atomic E-state index is 9.13. The largest absolute Gasteiger partial charge is 1.00 e. The van der Waals surface area contributed by atoms with Gasteiger partial charge in [0.2, 0.25) is 0 Å². The van der Waals surface area contributed by atoms with E-state index in [-0.39, 0.29) is 72.2 Å². The van der Waals surface area contributed by atoms with Gasteiger partial charge in [-0.05, 0) is 0 Å². The zero-order valence-electron chi connectivity index (χ0n) is 8.32. The minimum absolute atomic E-state index is 0. The van der Waals surface area contributed by atoms with Gasteiger partial charge in [0.05, 0.1) is 11.9 Å². The molecule has 0 aliphatic carbocycles. The van der Waals surface area contributed by atoms with Crippen LogP contribution in [0.15, 0.2) is 0 Å². The third-order valence-corrected chi connectivity index (χ3v) is 0.333. The van der Waals surface area contributed by atoms with E-state index < -0.39 is 11.9 Å². The number of carbonyl (C=O) groups excluding carboxylic acids is 3. The van der Waals surface area contributed by atoms with E-state index >= 15 is 0 Å². The summed E-state index contributed by atoms with van der Waals surface area (Å²) >= 11 is 0. The first-order valence-electron chi connectivity index (χ1n) is 2.63. The zero-order valence-corrected chi connectivity index (χ0v) is 12.3. The smallest absolute Gasteiger partial charge is 0.549 e. The third-order valence-electron chi connectivity index (χ3n) is 0.333. The van der Waals surface area contributed by atoms with Gasteiger partial charge in [-0.3, -0.25) is 0 Å². The Morgan fingerprint density at radius 1 is 0.929 bits per heavy atom. The molecule has 0 saturated carbocycles. The number of hydrogen-bond donors (Lipinski definition) is 2. The van der Waals surface area contributed by atoms with Crippen LogP contribution in [0.3, 0.4) is 0 Å². The van der Waals surface area contributed by atoms with Crippen molar-refractivity contribution in [2.24, 2.45) is 11.5 Å². The predicted octanol–water partition coefficient (Wildman–Crippen LogP) is -10.8. The van der Waals surface area contributed by atoms with Gasteiger partial charge < -0.3 is 36.1 Å². The summed E-state index contributed by atoms with van der Waals surface area (Å²) < 4.78 is 0. The summed E-state index contributed by atoms with van der Waals surface area (Å²) in [6.45, 7) is 1.22. The molecule has 0 bridgehead atoms. The van der Waals surface area contributed by atoms with Crippen molar-refractivity contribution in [1.29, 1.82) is 0 Å². The molecule has 0 fully saturated rings. The molecule has 0 aliphatic heterocycles. The molecule has 0 saturated heterocycles. The Morgan fingerprint density at radius 2 is 1.00 bits per heavy atom. The minimum Gasteiger partial charge on any atom is -0.549 e. The molecule has 0 radical (unpaired) electrons. The predicted molar refractivity (Wildman–Crippen MR) is 35.2 cm³/mol. The van der Waals surface area contributed by atoms with Crippen LogP contribution in [0.2, 0.25) is 0 Å². The van der Waals surface area contributed by atoms with Crippen LogP contribution < -0.4 is 80.8 Å². The van der Waals surface area contributed by atoms with Gasteiger partial charge in [0.15, 0.2) is 0 Å². The van der Waals surface area contributed by atoms with Gasteiger partial charge in [-0.15, -0.1) is 0 Å². The van der Waals surface area contributed by atoms with Gasteiger partial charge in [-0.25, -0.2) is 0 Å². The summed E-state index contributed by atoms with van der Waals surface area (Å²) in [6.07, 6.45) is 0. The van der Waals surface area contributed by atoms with Crippen LogP contribution in [0.5, 0.6) is 0 Å². The first-order valence-corrected chi connectivity index (χ1v) is 2.63. The monoisotopic (exact) mass is 224 g/mol. The Labute approximate surface area is 126 Å². The van der Waals surface area contributed by atoms with Crippen molar-refractivity contribution in [3.05, 3.63) is 0 Å². The number of carboxylic acid groups (broad SMARTS) is 2. The summed E-state index contributed by atoms with van der Waals surface area (Å²) in [7, 11) is 0. The van der Waals surface area contributed by atoms with Gasteiger partial charge in [0.1, 0.15) is 6.79 Å². The summed E-state index contributed by atoms with van der Waals surface area (Å²) in [4.78, 5) is 26.3. The molecule has 0 aromatic heterocycles. The Morgan fingerprint density at radius 3 is 1.00 bits per heavy atom. The fourth-order valence-electron chi connectivity index (χ4n) is 0. The molecule has 0 rings (SSSR count). The number of carboxylic acids is 2. The van der Waals surface area contributed by atoms with Crippen molar-refractivity contribution in [3.63, 3.8) is 0 Å². The van der Waals surface area contributed by atoms with Gasteiger partial charge in [-0.2, -0.15) is 0 Å². The van der Waals surface area contributed by atoms with E-state index in [0.717, 1.165) is 0 Å². The molecule has 7 nitrogen and oxygen atoms in total. The minimum atomic E-state index is -1.22. The van der Waals surface area contributed by atoms with E-state index in [4.69, 9.17) is 24.6 Å². The average molecular weight is 224 g/mol. The van der Waals surface area contributed by atoms with Crippen molar-refractivity contribution < 1.29 is 83.7 Å². The van der Waals surface area contributed by atoms with Crippen molar-refractivity contribution >= 4 is 18.7 Å². The van der Waals surface area contributed by atoms with Crippen LogP contribution in [0.1, 0.15) is 0 Å². The SMILES string of the molecule is C=O.NCC(=O)[O-].NCC(=O)[O-].[Na+].[Na+]. The normalized spacial score (nSPS) is 5.57. The van der Waals surface area contributed by atoms with Gasteiger partial charge in [0.25, 0.3) is 0 Å². The fraction of sp³-hybridized carbons (Fsp3) is 0.400. The second-order valence-electron chi connectivity index (χ2n) is 1.15. The second-order valence-corrected chi connectivity index (χ2v) is 1.15. The maximum atomic E-state index is 9.13. The molecule has 0 heterocycles. The van der Waals surface area contributed by atoms with E-state index in [1.165, 1.54) is 0 Å². The van der Waals surface area contributed by atoms with Crippen LogP contribution in [0, 0.1) is 0 Å². The van der Waals surface area contributed by atoms with E-state index in [1.54, 1.807) is 0 Å². The molecule has 0 aromatic carbocycles. The van der Waals surface area contributed by atoms with Gasteiger partial charge in [-0.1, -0.05) is 0 Å². The van der Waals surface area contributed by atoms with Crippen LogP contribution in [-0.4, -0.2) is 31.8 Å². The molecule has 0 atom stereocenters. The number of aliphatic carboxylic acids is 2. The van der Waals surface area contributed by atoms with Crippen molar-refractivity contribution in [2.75, 3.05) is 13.1 Å². The maximum Gasteiger partial charge on any atom is 1.00 e. The molecule has 72 valence electrons. The summed E-state index contributed by atoms with van der Waals surface area (Å²) in [5, 5.41) is 18.3. The van der Waals surface area contributed by atoms with Crippen molar-refractivity contribution in [3.8, 4) is 0 Å². The molecule has 0 aliphatic rings. The molecule has 14 heavy (non-hydrogen) atoms. The molecule has 0 spiro atoms. The molecule has 4 N–H and O–H groups in total. The number of carbonyl (C=O) groups is 3. The van der Waals surface area contributed by atoms with Crippen LogP contribution in [-0.2, 0) is 14.4 Å². The van der Waals surface area contributed by atoms with Crippen molar-refractivity contribution in [1.82, 2.24) is 0 Å². The molecule has 0 unspecified atom stereocenters. The van der Waals surface area contributed by atoms with E-state index in [1.807, 2.05) is 6.79 Å². The summed E-state index contributed by atoms with van der Waals surface area (Å²) in [6, 6.07) is 0. The number of rotatable bonds is 2. The number of nitrogens with two attached hydrogens (primary N) is 2. The Hall–Kier alpha value is 0.530. The average Bonchev–Trinajstić information content (AvgIpc) is 2.09. The summed E-state index contributed by atoms with van der Waals surface area (Å²) in [5.74, 6) is -2.44. The van der Waals surface area contributed by atoms with Crippen LogP contribution in [0.4, 0.5) is 0 Å². The molecular weight excluding hydrogens is 214 g/mol. The third kappa shape index (κ3) is 81.2. The zero-order chi connectivity index (χ0) is 10.6. The Balaban J connectivity index is -0.0000000292. The molecule has 0 aromatic rings. The number of hydrogen-bond acceptors (Lipinski definition) is 7. The van der Waals surface area contributed by atoms with Crippen LogP contribution in [0.25, 0.3) is 0 Å². The molecular formula is C5H10N2Na2O5. The fourth-order valence-corrected chi connectivity index (χ4v) is 0. The van der Waals surface area contributed by atoms with Gasteiger partial charge >= 0.3 is 59.1 Å². The first-order chi connectivity index (χ1) is 5.54. The van der Waals surface area contributed by atoms with E-state index in [9.17, 15) is 0 Å². The quantitative estimate of drug-likeness (QED) is 0.442. The van der Waals surface area contributed by atoms with Crippen molar-refractivity contribution in [2.45, 2.75) is 0 Å². The summed E-state index contributed by atoms with van der Waals surface area (Å²) in [5.41, 5.74) is 9.02. The Kier molecular flexibility index (Phi) is 61.1. The second kappa shape index (κ2) is 29.2. The Bertz CT molecular complexity index is 121. The molecule has 0 amide bonds. The standard InChI is InChI=1S/2C2H5NO2.CH2O.2Na/c2*3-1-2(4)5;1-2;;/h2*1,3H2,(H,4,5);1H2;;/q;;;2*+1/p-2. The van der Waals surface area contributed by atoms with Crippen LogP contribution >= 0.6 is 0 Å². The topological polar surface area (TPSA) is 149 Å². The van der Waals surface area contributed by atoms with Gasteiger partial charge in [0, 0.05) is 13.1 Å².